The molecule has 2 rings (SSSR count). The van der Waals surface area contributed by atoms with Gasteiger partial charge in [-0.15, -0.1) is 0 Å². The molecule has 3 nitrogen and oxygen atoms in total. The third kappa shape index (κ3) is 5.14. The zero-order valence-electron chi connectivity index (χ0n) is 14.6. The molecule has 1 unspecified atom stereocenters. The maximum absolute atomic E-state index is 12.9. The second kappa shape index (κ2) is 7.99. The summed E-state index contributed by atoms with van der Waals surface area (Å²) in [5, 5.41) is 2.04. The number of amides is 1. The molecule has 0 bridgehead atoms. The molecular formula is C19H19ClF3NO2. The number of ether oxygens (including phenoxy) is 1. The van der Waals surface area contributed by atoms with Gasteiger partial charge in [-0.3, -0.25) is 4.79 Å². The lowest BCUT2D eigenvalue weighted by Crippen LogP contribution is -2.32. The van der Waals surface area contributed by atoms with Crippen molar-refractivity contribution in [1.82, 2.24) is 0 Å². The Kier molecular flexibility index (Phi) is 6.18. The van der Waals surface area contributed by atoms with Gasteiger partial charge >= 0.3 is 6.18 Å². The molecule has 0 fully saturated rings. The fourth-order valence-corrected chi connectivity index (χ4v) is 2.76. The molecule has 7 heteroatoms. The van der Waals surface area contributed by atoms with Crippen LogP contribution in [0, 0.1) is 13.8 Å². The smallest absolute Gasteiger partial charge is 0.417 e. The third-order valence-electron chi connectivity index (χ3n) is 3.68. The van der Waals surface area contributed by atoms with Crippen LogP contribution in [0.3, 0.4) is 0 Å². The van der Waals surface area contributed by atoms with Gasteiger partial charge < -0.3 is 10.1 Å². The summed E-state index contributed by atoms with van der Waals surface area (Å²) in [6.45, 7) is 5.58. The molecule has 0 saturated carbocycles. The highest BCUT2D eigenvalue weighted by Gasteiger charge is 2.33. The number of benzene rings is 2. The van der Waals surface area contributed by atoms with E-state index in [1.165, 1.54) is 6.07 Å². The monoisotopic (exact) mass is 385 g/mol. The Bertz CT molecular complexity index is 786. The summed E-state index contributed by atoms with van der Waals surface area (Å²) in [5.41, 5.74) is 0.986. The molecule has 140 valence electrons. The van der Waals surface area contributed by atoms with E-state index in [0.29, 0.717) is 12.2 Å². The highest BCUT2D eigenvalue weighted by atomic mass is 35.5. The second-order valence-corrected chi connectivity index (χ2v) is 6.43. The number of nitrogens with one attached hydrogen (secondary N) is 1. The quantitative estimate of drug-likeness (QED) is 0.709. The Morgan fingerprint density at radius 1 is 1.15 bits per heavy atom. The van der Waals surface area contributed by atoms with Gasteiger partial charge in [-0.05, 0) is 61.7 Å². The summed E-state index contributed by atoms with van der Waals surface area (Å²) < 4.78 is 44.5. The van der Waals surface area contributed by atoms with E-state index < -0.39 is 28.8 Å². The van der Waals surface area contributed by atoms with Crippen molar-refractivity contribution in [3.8, 4) is 5.75 Å². The Balaban J connectivity index is 2.16. The minimum atomic E-state index is -4.60. The average molecular weight is 386 g/mol. The van der Waals surface area contributed by atoms with Crippen LogP contribution in [-0.2, 0) is 11.0 Å². The van der Waals surface area contributed by atoms with Gasteiger partial charge in [0.25, 0.3) is 5.91 Å². The van der Waals surface area contributed by atoms with E-state index in [9.17, 15) is 18.0 Å². The lowest BCUT2D eigenvalue weighted by atomic mass is 10.1. The van der Waals surface area contributed by atoms with Gasteiger partial charge in [0.15, 0.2) is 6.10 Å². The molecule has 2 aromatic rings. The van der Waals surface area contributed by atoms with Crippen molar-refractivity contribution >= 4 is 23.2 Å². The van der Waals surface area contributed by atoms with Crippen LogP contribution in [0.4, 0.5) is 18.9 Å². The number of anilines is 1. The molecule has 1 N–H and O–H groups in total. The Morgan fingerprint density at radius 2 is 1.77 bits per heavy atom. The largest absolute Gasteiger partial charge is 0.481 e. The molecule has 0 radical (unpaired) electrons. The van der Waals surface area contributed by atoms with E-state index in [1.807, 2.05) is 19.9 Å². The molecule has 1 atom stereocenters. The van der Waals surface area contributed by atoms with Crippen LogP contribution in [0.2, 0.25) is 5.02 Å². The Hall–Kier alpha value is -2.21. The molecular weight excluding hydrogens is 367 g/mol. The summed E-state index contributed by atoms with van der Waals surface area (Å²) in [5.74, 6) is 0.0127. The maximum atomic E-state index is 12.9. The highest BCUT2D eigenvalue weighted by Crippen LogP contribution is 2.36. The zero-order chi connectivity index (χ0) is 19.5. The average Bonchev–Trinajstić information content (AvgIpc) is 2.52. The number of carbonyl (C=O) groups is 1. The highest BCUT2D eigenvalue weighted by molar-refractivity contribution is 6.31. The predicted molar refractivity (Wildman–Crippen MR) is 95.7 cm³/mol. The van der Waals surface area contributed by atoms with Crippen molar-refractivity contribution in [3.63, 3.8) is 0 Å². The van der Waals surface area contributed by atoms with Crippen molar-refractivity contribution in [1.29, 1.82) is 0 Å². The SMILES string of the molecule is CCC(Oc1cc(C)cc(C)c1)C(=O)Nc1ccc(Cl)c(C(F)(F)F)c1. The zero-order valence-corrected chi connectivity index (χ0v) is 15.3. The number of carbonyl (C=O) groups excluding carboxylic acids is 1. The van der Waals surface area contributed by atoms with Crippen molar-refractivity contribution in [2.75, 3.05) is 5.32 Å². The maximum Gasteiger partial charge on any atom is 0.417 e. The lowest BCUT2D eigenvalue weighted by molar-refractivity contribution is -0.137. The fourth-order valence-electron chi connectivity index (χ4n) is 2.53. The van der Waals surface area contributed by atoms with Crippen molar-refractivity contribution < 1.29 is 22.7 Å². The summed E-state index contributed by atoms with van der Waals surface area (Å²) >= 11 is 5.59. The van der Waals surface area contributed by atoms with E-state index in [0.717, 1.165) is 23.3 Å². The van der Waals surface area contributed by atoms with Crippen LogP contribution in [0.5, 0.6) is 5.75 Å². The van der Waals surface area contributed by atoms with Gasteiger partial charge in [0.1, 0.15) is 5.75 Å². The number of aryl methyl sites for hydroxylation is 2. The number of halogens is 4. The second-order valence-electron chi connectivity index (χ2n) is 6.02. The molecule has 0 saturated heterocycles. The number of rotatable bonds is 5. The molecule has 2 aromatic carbocycles. The summed E-state index contributed by atoms with van der Waals surface area (Å²) in [6, 6.07) is 8.80. The normalized spacial score (nSPS) is 12.6. The minimum Gasteiger partial charge on any atom is -0.481 e. The van der Waals surface area contributed by atoms with Gasteiger partial charge in [0.05, 0.1) is 10.6 Å². The Morgan fingerprint density at radius 3 is 2.31 bits per heavy atom. The van der Waals surface area contributed by atoms with Crippen molar-refractivity contribution in [2.24, 2.45) is 0 Å². The van der Waals surface area contributed by atoms with E-state index >= 15 is 0 Å². The van der Waals surface area contributed by atoms with E-state index in [1.54, 1.807) is 19.1 Å². The fraction of sp³-hybridized carbons (Fsp3) is 0.316. The van der Waals surface area contributed by atoms with Crippen molar-refractivity contribution in [2.45, 2.75) is 39.5 Å². The van der Waals surface area contributed by atoms with Gasteiger partial charge in [-0.2, -0.15) is 13.2 Å². The van der Waals surface area contributed by atoms with Gasteiger partial charge in [-0.1, -0.05) is 24.6 Å². The first kappa shape index (κ1) is 20.1. The van der Waals surface area contributed by atoms with Gasteiger partial charge in [-0.25, -0.2) is 0 Å². The van der Waals surface area contributed by atoms with Gasteiger partial charge in [0.2, 0.25) is 0 Å². The summed E-state index contributed by atoms with van der Waals surface area (Å²) in [6.07, 6.45) is -5.07. The summed E-state index contributed by atoms with van der Waals surface area (Å²) in [4.78, 5) is 12.4. The van der Waals surface area contributed by atoms with Crippen molar-refractivity contribution in [3.05, 3.63) is 58.1 Å². The van der Waals surface area contributed by atoms with Crippen LogP contribution >= 0.6 is 11.6 Å². The first-order valence-corrected chi connectivity index (χ1v) is 8.40. The molecule has 0 aliphatic rings. The third-order valence-corrected chi connectivity index (χ3v) is 4.01. The van der Waals surface area contributed by atoms with Crippen LogP contribution in [0.15, 0.2) is 36.4 Å². The molecule has 0 spiro atoms. The van der Waals surface area contributed by atoms with E-state index in [2.05, 4.69) is 5.32 Å². The van der Waals surface area contributed by atoms with Crippen LogP contribution < -0.4 is 10.1 Å². The first-order chi connectivity index (χ1) is 12.1. The number of hydrogen-bond donors (Lipinski definition) is 1. The van der Waals surface area contributed by atoms with E-state index in [-0.39, 0.29) is 5.69 Å². The lowest BCUT2D eigenvalue weighted by Gasteiger charge is -2.19. The standard InChI is InChI=1S/C19H19ClF3NO2/c1-4-17(26-14-8-11(2)7-12(3)9-14)18(25)24-13-5-6-16(20)15(10-13)19(21,22)23/h5-10,17H,4H2,1-3H3,(H,24,25). The number of hydrogen-bond acceptors (Lipinski definition) is 2. The summed E-state index contributed by atoms with van der Waals surface area (Å²) in [7, 11) is 0. The molecule has 0 aliphatic heterocycles. The molecule has 0 aromatic heterocycles. The molecule has 0 aliphatic carbocycles. The molecule has 1 amide bonds. The Labute approximate surface area is 155 Å². The molecule has 26 heavy (non-hydrogen) atoms. The predicted octanol–water partition coefficient (Wildman–Crippen LogP) is 5.77. The van der Waals surface area contributed by atoms with Crippen LogP contribution in [0.25, 0.3) is 0 Å². The molecule has 0 heterocycles. The minimum absolute atomic E-state index is 0.00852. The van der Waals surface area contributed by atoms with Crippen LogP contribution in [0.1, 0.15) is 30.0 Å². The first-order valence-electron chi connectivity index (χ1n) is 8.02. The van der Waals surface area contributed by atoms with Gasteiger partial charge in [0, 0.05) is 5.69 Å². The van der Waals surface area contributed by atoms with E-state index in [4.69, 9.17) is 16.3 Å². The topological polar surface area (TPSA) is 38.3 Å². The van der Waals surface area contributed by atoms with Crippen LogP contribution in [-0.4, -0.2) is 12.0 Å². The number of alkyl halides is 3.